The summed E-state index contributed by atoms with van der Waals surface area (Å²) in [4.78, 5) is 71.4. The molecule has 0 radical (unpaired) electrons. The van der Waals surface area contributed by atoms with E-state index in [1.165, 1.54) is 29.8 Å². The van der Waals surface area contributed by atoms with E-state index in [4.69, 9.17) is 35.7 Å². The number of aliphatic hydroxyl groups excluding tert-OH is 2. The maximum Gasteiger partial charge on any atom is 0.360 e. The van der Waals surface area contributed by atoms with Gasteiger partial charge in [-0.25, -0.2) is 44.3 Å². The minimum atomic E-state index is -0.695. The number of carbonyl (C=O) groups is 4. The molecule has 396 valence electrons. The van der Waals surface area contributed by atoms with E-state index in [0.717, 1.165) is 59.9 Å². The van der Waals surface area contributed by atoms with E-state index >= 15 is 0 Å². The lowest BCUT2D eigenvalue weighted by Crippen LogP contribution is -2.07. The Kier molecular flexibility index (Phi) is 32.4. The summed E-state index contributed by atoms with van der Waals surface area (Å²) in [6, 6.07) is 0. The van der Waals surface area contributed by atoms with Crippen molar-refractivity contribution in [3.8, 4) is 0 Å². The molecule has 0 saturated carbocycles. The summed E-state index contributed by atoms with van der Waals surface area (Å²) in [5.74, 6) is -0.245. The van der Waals surface area contributed by atoms with Crippen molar-refractivity contribution in [2.75, 3.05) is 40.1 Å². The fourth-order valence-electron chi connectivity index (χ4n) is 4.77. The molecule has 27 heteroatoms. The standard InChI is InChI=1S/C8H11NO2S.C7H8FNO2S.C7H9NO2S.C7H11NO2.C6H6ClNO2S.C6H8FNOS.C4H5NS/c1-3-11-8(10)4-7-5-12-6(2)9-7;1-3-11-7(10)5-6(8)12-4(2)9-5;1-3-10-7(9)6-4-11-5(2)8-6;1-5-7(3-4-9)8-6(2)10-5;1-3-8-4(5(7)11-3)6(9)10-2;1-4-8-5(2-3-9)6(7)10-4;1-4-5-2-3-6-4/h5H,3-4H2,1-2H3;3H2,1-2H3;4H,3H2,1-2H3;9H,3-4H2,1-2H3;1-2H3;9H,2-3H2,1H3;2-3H,1H3. The summed E-state index contributed by atoms with van der Waals surface area (Å²) < 4.78 is 49.6. The van der Waals surface area contributed by atoms with E-state index in [0.29, 0.717) is 57.7 Å². The molecular formula is C45H58ClF2N7O11S6. The van der Waals surface area contributed by atoms with Crippen molar-refractivity contribution in [2.24, 2.45) is 0 Å². The van der Waals surface area contributed by atoms with Crippen LogP contribution >= 0.6 is 79.6 Å². The van der Waals surface area contributed by atoms with Crippen molar-refractivity contribution in [3.05, 3.63) is 113 Å². The SMILES string of the molecule is CCOC(=O)Cc1csc(C)n1.CCOC(=O)c1csc(C)n1.CCOC(=O)c1nc(C)sc1F.COC(=O)c1nc(C)sc1Cl.Cc1nc(CCO)c(C)o1.Cc1nc(CCO)c(F)s1.Cc1nccs1. The molecule has 7 aromatic heterocycles. The lowest BCUT2D eigenvalue weighted by Gasteiger charge is -1.97. The first-order chi connectivity index (χ1) is 34.1. The van der Waals surface area contributed by atoms with Gasteiger partial charge in [0.2, 0.25) is 5.13 Å². The number of carbonyl (C=O) groups excluding carboxylic acids is 4. The monoisotopic (exact) mass is 1140 g/mol. The Morgan fingerprint density at radius 3 is 1.58 bits per heavy atom. The number of thiazole rings is 6. The summed E-state index contributed by atoms with van der Waals surface area (Å²) in [5, 5.41) is 26.7. The highest BCUT2D eigenvalue weighted by molar-refractivity contribution is 7.16. The molecule has 0 fully saturated rings. The Bertz CT molecular complexity index is 2620. The van der Waals surface area contributed by atoms with Crippen LogP contribution in [0.2, 0.25) is 4.34 Å². The van der Waals surface area contributed by atoms with Gasteiger partial charge in [0, 0.05) is 55.3 Å². The molecule has 18 nitrogen and oxygen atoms in total. The van der Waals surface area contributed by atoms with Crippen LogP contribution in [0.3, 0.4) is 0 Å². The average molecular weight is 1140 g/mol. The molecule has 0 spiro atoms. The third-order valence-corrected chi connectivity index (χ3v) is 12.7. The Balaban J connectivity index is 0.000000423. The van der Waals surface area contributed by atoms with Crippen molar-refractivity contribution >= 4 is 103 Å². The van der Waals surface area contributed by atoms with Crippen LogP contribution in [-0.4, -0.2) is 109 Å². The number of aryl methyl sites for hydroxylation is 8. The van der Waals surface area contributed by atoms with Gasteiger partial charge in [-0.2, -0.15) is 8.78 Å². The van der Waals surface area contributed by atoms with Crippen LogP contribution in [-0.2, 0) is 43.0 Å². The average Bonchev–Trinajstić information content (AvgIpc) is 4.22. The second-order valence-corrected chi connectivity index (χ2v) is 20.8. The highest BCUT2D eigenvalue weighted by Gasteiger charge is 2.18. The molecule has 7 aromatic rings. The first-order valence-electron chi connectivity index (χ1n) is 21.4. The summed E-state index contributed by atoms with van der Waals surface area (Å²) in [6.45, 7) is 21.0. The largest absolute Gasteiger partial charge is 0.466 e. The highest BCUT2D eigenvalue weighted by Crippen LogP contribution is 2.24. The Labute approximate surface area is 445 Å². The number of ether oxygens (including phenoxy) is 4. The van der Waals surface area contributed by atoms with Gasteiger partial charge in [-0.1, -0.05) is 34.3 Å². The Morgan fingerprint density at radius 1 is 0.625 bits per heavy atom. The molecule has 0 saturated heterocycles. The fourth-order valence-corrected chi connectivity index (χ4v) is 8.79. The van der Waals surface area contributed by atoms with Gasteiger partial charge in [0.25, 0.3) is 0 Å². The molecule has 0 atom stereocenters. The van der Waals surface area contributed by atoms with Crippen LogP contribution < -0.4 is 0 Å². The number of nitrogens with zero attached hydrogens (tertiary/aromatic N) is 7. The first kappa shape index (κ1) is 65.0. The summed E-state index contributed by atoms with van der Waals surface area (Å²) in [7, 11) is 1.30. The van der Waals surface area contributed by atoms with Crippen LogP contribution in [0.5, 0.6) is 0 Å². The third-order valence-electron chi connectivity index (χ3n) is 7.64. The van der Waals surface area contributed by atoms with E-state index in [1.807, 2.05) is 38.5 Å². The van der Waals surface area contributed by atoms with Gasteiger partial charge in [-0.3, -0.25) is 9.78 Å². The number of hydrogen-bond donors (Lipinski definition) is 2. The lowest BCUT2D eigenvalue weighted by molar-refractivity contribution is -0.142. The van der Waals surface area contributed by atoms with Gasteiger partial charge in [-0.05, 0) is 69.2 Å². The molecular weight excluding hydrogens is 1080 g/mol. The predicted octanol–water partition coefficient (Wildman–Crippen LogP) is 10.2. The van der Waals surface area contributed by atoms with Gasteiger partial charge in [0.1, 0.15) is 10.1 Å². The van der Waals surface area contributed by atoms with Crippen molar-refractivity contribution < 1.29 is 61.5 Å². The third kappa shape index (κ3) is 26.1. The zero-order valence-corrected chi connectivity index (χ0v) is 47.4. The number of halogens is 3. The van der Waals surface area contributed by atoms with Gasteiger partial charge in [0.15, 0.2) is 28.1 Å². The molecule has 0 aliphatic heterocycles. The quantitative estimate of drug-likeness (QED) is 0.0852. The highest BCUT2D eigenvalue weighted by atomic mass is 35.5. The van der Waals surface area contributed by atoms with E-state index in [1.54, 1.807) is 82.7 Å². The Hall–Kier alpha value is -5.06. The molecule has 7 heterocycles. The summed E-state index contributed by atoms with van der Waals surface area (Å²) in [6.07, 6.45) is 3.00. The molecule has 0 aliphatic rings. The van der Waals surface area contributed by atoms with E-state index < -0.39 is 17.1 Å². The molecule has 2 N–H and O–H groups in total. The summed E-state index contributed by atoms with van der Waals surface area (Å²) >= 11 is 13.5. The van der Waals surface area contributed by atoms with E-state index in [2.05, 4.69) is 44.4 Å². The zero-order chi connectivity index (χ0) is 54.3. The van der Waals surface area contributed by atoms with Crippen LogP contribution in [0.1, 0.15) is 111 Å². The number of oxazole rings is 1. The summed E-state index contributed by atoms with van der Waals surface area (Å²) in [5.41, 5.74) is 2.45. The van der Waals surface area contributed by atoms with Crippen LogP contribution in [0.4, 0.5) is 8.78 Å². The first-order valence-corrected chi connectivity index (χ1v) is 26.9. The maximum absolute atomic E-state index is 12.8. The predicted molar refractivity (Wildman–Crippen MR) is 277 cm³/mol. The minimum absolute atomic E-state index is 0.0416. The fraction of sp³-hybridized carbons (Fsp3) is 0.444. The van der Waals surface area contributed by atoms with Crippen molar-refractivity contribution in [1.29, 1.82) is 0 Å². The normalized spacial score (nSPS) is 9.85. The van der Waals surface area contributed by atoms with Crippen molar-refractivity contribution in [1.82, 2.24) is 34.9 Å². The molecule has 0 aliphatic carbocycles. The lowest BCUT2D eigenvalue weighted by atomic mass is 10.3. The topological polar surface area (TPSA) is 249 Å². The Morgan fingerprint density at radius 2 is 1.18 bits per heavy atom. The number of hydrogen-bond acceptors (Lipinski definition) is 24. The van der Waals surface area contributed by atoms with E-state index in [-0.39, 0.29) is 54.7 Å². The smallest absolute Gasteiger partial charge is 0.360 e. The maximum atomic E-state index is 12.8. The van der Waals surface area contributed by atoms with Crippen molar-refractivity contribution in [3.63, 3.8) is 0 Å². The van der Waals surface area contributed by atoms with Crippen molar-refractivity contribution in [2.45, 2.75) is 95.4 Å². The molecule has 7 rings (SSSR count). The number of rotatable bonds is 12. The van der Waals surface area contributed by atoms with E-state index in [9.17, 15) is 28.0 Å². The molecule has 0 bridgehead atoms. The van der Waals surface area contributed by atoms with Gasteiger partial charge in [0.05, 0.1) is 80.5 Å². The van der Waals surface area contributed by atoms with Crippen LogP contribution in [0, 0.1) is 65.7 Å². The number of aliphatic hydroxyl groups is 2. The van der Waals surface area contributed by atoms with Crippen LogP contribution in [0.25, 0.3) is 0 Å². The number of esters is 4. The molecule has 0 aromatic carbocycles. The molecule has 0 unspecified atom stereocenters. The van der Waals surface area contributed by atoms with Gasteiger partial charge >= 0.3 is 23.9 Å². The number of aromatic nitrogens is 7. The molecule has 72 heavy (non-hydrogen) atoms. The number of methoxy groups -OCH3 is 1. The molecule has 0 amide bonds. The minimum Gasteiger partial charge on any atom is -0.466 e. The van der Waals surface area contributed by atoms with Crippen LogP contribution in [0.15, 0.2) is 26.8 Å². The van der Waals surface area contributed by atoms with Gasteiger partial charge < -0.3 is 33.6 Å². The van der Waals surface area contributed by atoms with Gasteiger partial charge in [-0.15, -0.1) is 45.3 Å². The second-order valence-electron chi connectivity index (χ2n) is 13.4. The zero-order valence-electron chi connectivity index (χ0n) is 41.7. The second kappa shape index (κ2) is 36.0.